The number of hydrogen-bond donors (Lipinski definition) is 2. The van der Waals surface area contributed by atoms with Crippen molar-refractivity contribution in [2.75, 3.05) is 28.2 Å². The molecule has 4 heterocycles. The van der Waals surface area contributed by atoms with Gasteiger partial charge in [0.1, 0.15) is 11.6 Å². The van der Waals surface area contributed by atoms with E-state index in [1.165, 1.54) is 11.4 Å². The molecule has 174 valence electrons. The Bertz CT molecular complexity index is 1510. The number of carbonyl (C=O) groups excluding carboxylic acids is 1. The summed E-state index contributed by atoms with van der Waals surface area (Å²) in [7, 11) is -1.97. The molecule has 0 spiro atoms. The van der Waals surface area contributed by atoms with Gasteiger partial charge in [0.2, 0.25) is 15.9 Å². The molecule has 0 aliphatic carbocycles. The van der Waals surface area contributed by atoms with Crippen LogP contribution in [0.25, 0.3) is 10.9 Å². The monoisotopic (exact) mass is 477 g/mol. The maximum absolute atomic E-state index is 12.0. The van der Waals surface area contributed by atoms with Crippen molar-refractivity contribution in [1.82, 2.24) is 19.7 Å². The first kappa shape index (κ1) is 21.8. The van der Waals surface area contributed by atoms with E-state index in [0.29, 0.717) is 31.0 Å². The number of rotatable bonds is 6. The first-order valence-electron chi connectivity index (χ1n) is 10.7. The predicted octanol–water partition coefficient (Wildman–Crippen LogP) is 2.90. The average molecular weight is 478 g/mol. The first-order valence-corrected chi connectivity index (χ1v) is 12.5. The zero-order valence-corrected chi connectivity index (χ0v) is 19.5. The molecule has 0 unspecified atom stereocenters. The molecule has 0 bridgehead atoms. The van der Waals surface area contributed by atoms with Crippen LogP contribution < -0.4 is 14.9 Å². The number of hydrogen-bond acceptors (Lipinski definition) is 7. The summed E-state index contributed by atoms with van der Waals surface area (Å²) < 4.78 is 27.1. The van der Waals surface area contributed by atoms with Crippen molar-refractivity contribution >= 4 is 49.8 Å². The molecule has 34 heavy (non-hydrogen) atoms. The van der Waals surface area contributed by atoms with E-state index in [9.17, 15) is 13.2 Å². The second-order valence-electron chi connectivity index (χ2n) is 8.19. The van der Waals surface area contributed by atoms with Crippen LogP contribution in [0.1, 0.15) is 17.5 Å². The molecule has 1 aromatic carbocycles. The third-order valence-electron chi connectivity index (χ3n) is 5.78. The van der Waals surface area contributed by atoms with Crippen molar-refractivity contribution in [3.8, 4) is 0 Å². The average Bonchev–Trinajstić information content (AvgIpc) is 3.20. The van der Waals surface area contributed by atoms with Crippen LogP contribution in [0.15, 0.2) is 55.0 Å². The van der Waals surface area contributed by atoms with Gasteiger partial charge < -0.3 is 10.6 Å². The lowest BCUT2D eigenvalue weighted by Gasteiger charge is -2.19. The molecule has 0 atom stereocenters. The normalized spacial score (nSPS) is 13.4. The summed E-state index contributed by atoms with van der Waals surface area (Å²) in [6.07, 6.45) is 7.36. The molecule has 10 nitrogen and oxygen atoms in total. The highest BCUT2D eigenvalue weighted by atomic mass is 32.2. The van der Waals surface area contributed by atoms with E-state index in [0.717, 1.165) is 39.7 Å². The topological polar surface area (TPSA) is 122 Å². The first-order chi connectivity index (χ1) is 16.3. The standard InChI is InChI=1S/C23H23N7O3S/c1-29(34(2,32)33)23-16(4-3-9-24-23)14-30-20-11-21(25-12-17(20)13-26-30)27-18-6-7-19-15(10-18)5-8-22(31)28-19/h3-4,6-7,9-13H,5,8,14H2,1-2H3,(H,25,27)(H,28,31). The molecule has 0 saturated heterocycles. The Morgan fingerprint density at radius 3 is 2.82 bits per heavy atom. The minimum Gasteiger partial charge on any atom is -0.340 e. The van der Waals surface area contributed by atoms with Crippen LogP contribution in [-0.4, -0.2) is 47.4 Å². The third-order valence-corrected chi connectivity index (χ3v) is 6.95. The number of fused-ring (bicyclic) bond motifs is 2. The molecule has 0 radical (unpaired) electrons. The Kier molecular flexibility index (Phi) is 5.40. The summed E-state index contributed by atoms with van der Waals surface area (Å²) in [5.74, 6) is 1.05. The van der Waals surface area contributed by atoms with E-state index in [-0.39, 0.29) is 5.91 Å². The van der Waals surface area contributed by atoms with Crippen LogP contribution >= 0.6 is 0 Å². The van der Waals surface area contributed by atoms with Gasteiger partial charge >= 0.3 is 0 Å². The highest BCUT2D eigenvalue weighted by molar-refractivity contribution is 7.92. The number of anilines is 4. The summed E-state index contributed by atoms with van der Waals surface area (Å²) in [6.45, 7) is 0.342. The molecule has 1 aliphatic rings. The van der Waals surface area contributed by atoms with Gasteiger partial charge in [0.05, 0.1) is 24.5 Å². The Morgan fingerprint density at radius 1 is 1.15 bits per heavy atom. The number of sulfonamides is 1. The fraction of sp³-hybridized carbons (Fsp3) is 0.217. The van der Waals surface area contributed by atoms with Crippen LogP contribution in [0.2, 0.25) is 0 Å². The van der Waals surface area contributed by atoms with Crippen LogP contribution in [0.3, 0.4) is 0 Å². The van der Waals surface area contributed by atoms with Gasteiger partial charge in [0.15, 0.2) is 0 Å². The van der Waals surface area contributed by atoms with Gasteiger partial charge in [-0.15, -0.1) is 0 Å². The fourth-order valence-corrected chi connectivity index (χ4v) is 4.41. The number of nitrogens with one attached hydrogen (secondary N) is 2. The van der Waals surface area contributed by atoms with Crippen LogP contribution in [0.5, 0.6) is 0 Å². The molecule has 0 saturated carbocycles. The smallest absolute Gasteiger partial charge is 0.233 e. The SMILES string of the molecule is CN(c1ncccc1Cn1ncc2cnc(Nc3ccc4c(c3)CCC(=O)N4)cc21)S(C)(=O)=O. The molecule has 3 aromatic heterocycles. The Morgan fingerprint density at radius 2 is 2.00 bits per heavy atom. The van der Waals surface area contributed by atoms with Gasteiger partial charge in [-0.05, 0) is 36.2 Å². The van der Waals surface area contributed by atoms with E-state index >= 15 is 0 Å². The fourth-order valence-electron chi connectivity index (χ4n) is 3.93. The second-order valence-corrected chi connectivity index (χ2v) is 10.2. The number of pyridine rings is 2. The van der Waals surface area contributed by atoms with E-state index in [1.807, 2.05) is 30.3 Å². The van der Waals surface area contributed by atoms with Gasteiger partial charge in [0, 0.05) is 54.3 Å². The second kappa shape index (κ2) is 8.41. The molecular weight excluding hydrogens is 454 g/mol. The summed E-state index contributed by atoms with van der Waals surface area (Å²) >= 11 is 0. The lowest BCUT2D eigenvalue weighted by atomic mass is 10.0. The Balaban J connectivity index is 1.43. The minimum atomic E-state index is -3.45. The van der Waals surface area contributed by atoms with Crippen LogP contribution in [0, 0.1) is 0 Å². The van der Waals surface area contributed by atoms with Gasteiger partial charge in [-0.25, -0.2) is 18.4 Å². The zero-order chi connectivity index (χ0) is 23.9. The summed E-state index contributed by atoms with van der Waals surface area (Å²) in [5, 5.41) is 11.5. The van der Waals surface area contributed by atoms with Crippen LogP contribution in [0.4, 0.5) is 23.0 Å². The molecule has 2 N–H and O–H groups in total. The quantitative estimate of drug-likeness (QED) is 0.438. The Labute approximate surface area is 196 Å². The maximum Gasteiger partial charge on any atom is 0.233 e. The number of amides is 1. The molecule has 0 fully saturated rings. The summed E-state index contributed by atoms with van der Waals surface area (Å²) in [6, 6.07) is 11.3. The van der Waals surface area contributed by atoms with Crippen molar-refractivity contribution in [2.45, 2.75) is 19.4 Å². The number of nitrogens with zero attached hydrogens (tertiary/aromatic N) is 5. The van der Waals surface area contributed by atoms with E-state index < -0.39 is 10.0 Å². The van der Waals surface area contributed by atoms with Gasteiger partial charge in [0.25, 0.3) is 0 Å². The maximum atomic E-state index is 12.0. The molecule has 1 amide bonds. The molecule has 5 rings (SSSR count). The summed E-state index contributed by atoms with van der Waals surface area (Å²) in [5.41, 5.74) is 4.37. The number of benzene rings is 1. The lowest BCUT2D eigenvalue weighted by Crippen LogP contribution is -2.27. The number of aromatic nitrogens is 4. The van der Waals surface area contributed by atoms with Crippen molar-refractivity contribution in [3.63, 3.8) is 0 Å². The molecule has 11 heteroatoms. The van der Waals surface area contributed by atoms with Crippen molar-refractivity contribution in [2.24, 2.45) is 0 Å². The van der Waals surface area contributed by atoms with Gasteiger partial charge in [-0.1, -0.05) is 6.07 Å². The van der Waals surface area contributed by atoms with Crippen molar-refractivity contribution in [1.29, 1.82) is 0 Å². The van der Waals surface area contributed by atoms with Crippen molar-refractivity contribution < 1.29 is 13.2 Å². The van der Waals surface area contributed by atoms with E-state index in [4.69, 9.17) is 0 Å². The lowest BCUT2D eigenvalue weighted by molar-refractivity contribution is -0.116. The largest absolute Gasteiger partial charge is 0.340 e. The van der Waals surface area contributed by atoms with Gasteiger partial charge in [-0.2, -0.15) is 5.10 Å². The molecular formula is C23H23N7O3S. The third kappa shape index (κ3) is 4.29. The molecule has 1 aliphatic heterocycles. The highest BCUT2D eigenvalue weighted by Crippen LogP contribution is 2.28. The van der Waals surface area contributed by atoms with Crippen LogP contribution in [-0.2, 0) is 27.8 Å². The van der Waals surface area contributed by atoms with Crippen molar-refractivity contribution in [3.05, 3.63) is 66.1 Å². The molecule has 4 aromatic rings. The van der Waals surface area contributed by atoms with E-state index in [2.05, 4.69) is 25.7 Å². The number of aryl methyl sites for hydroxylation is 1. The highest BCUT2D eigenvalue weighted by Gasteiger charge is 2.18. The Hall–Kier alpha value is -3.99. The zero-order valence-electron chi connectivity index (χ0n) is 18.7. The number of carbonyl (C=O) groups is 1. The van der Waals surface area contributed by atoms with Gasteiger partial charge in [-0.3, -0.25) is 13.8 Å². The minimum absolute atomic E-state index is 0.0353. The van der Waals surface area contributed by atoms with E-state index in [1.54, 1.807) is 29.3 Å². The summed E-state index contributed by atoms with van der Waals surface area (Å²) in [4.78, 5) is 20.4. The predicted molar refractivity (Wildman–Crippen MR) is 131 cm³/mol.